The van der Waals surface area contributed by atoms with Crippen LogP contribution in [-0.4, -0.2) is 48.9 Å². The van der Waals surface area contributed by atoms with E-state index in [2.05, 4.69) is 20.6 Å². The van der Waals surface area contributed by atoms with E-state index in [-0.39, 0.29) is 22.9 Å². The molecule has 0 unspecified atom stereocenters. The Kier molecular flexibility index (Phi) is 7.22. The minimum absolute atomic E-state index is 0.0367. The van der Waals surface area contributed by atoms with Crippen LogP contribution in [0.25, 0.3) is 10.9 Å². The molecule has 0 aliphatic heterocycles. The van der Waals surface area contributed by atoms with Gasteiger partial charge in [-0.25, -0.2) is 13.8 Å². The summed E-state index contributed by atoms with van der Waals surface area (Å²) < 4.78 is 39.4. The van der Waals surface area contributed by atoms with Gasteiger partial charge in [0.15, 0.2) is 5.82 Å². The highest BCUT2D eigenvalue weighted by molar-refractivity contribution is 6.17. The van der Waals surface area contributed by atoms with Crippen LogP contribution >= 0.6 is 0 Å². The first-order valence-corrected chi connectivity index (χ1v) is 12.5. The van der Waals surface area contributed by atoms with E-state index in [1.807, 2.05) is 0 Å². The van der Waals surface area contributed by atoms with Crippen LogP contribution in [0, 0.1) is 17.0 Å². The van der Waals surface area contributed by atoms with Crippen molar-refractivity contribution in [3.05, 3.63) is 78.1 Å². The van der Waals surface area contributed by atoms with E-state index >= 15 is 4.39 Å². The van der Waals surface area contributed by atoms with Crippen LogP contribution in [0.2, 0.25) is 0 Å². The van der Waals surface area contributed by atoms with Crippen molar-refractivity contribution in [2.45, 2.75) is 12.8 Å². The van der Waals surface area contributed by atoms with E-state index in [1.165, 1.54) is 74.9 Å². The van der Waals surface area contributed by atoms with Crippen LogP contribution in [0.15, 0.2) is 60.9 Å². The van der Waals surface area contributed by atoms with E-state index in [4.69, 9.17) is 9.47 Å². The molecule has 4 aromatic rings. The molecule has 0 spiro atoms. The highest BCUT2D eigenvalue weighted by atomic mass is 19.1. The molecule has 210 valence electrons. The molecule has 1 saturated carbocycles. The van der Waals surface area contributed by atoms with Crippen LogP contribution in [0.3, 0.4) is 0 Å². The number of fused-ring (bicyclic) bond motifs is 1. The summed E-state index contributed by atoms with van der Waals surface area (Å²) in [6.45, 7) is 0. The Morgan fingerprint density at radius 1 is 1.00 bits per heavy atom. The second-order valence-corrected chi connectivity index (χ2v) is 9.45. The molecule has 41 heavy (non-hydrogen) atoms. The molecule has 2 aromatic heterocycles. The average Bonchev–Trinajstić information content (AvgIpc) is 3.79. The summed E-state index contributed by atoms with van der Waals surface area (Å²) in [5.74, 6) is -2.62. The number of carbonyl (C=O) groups is 3. The number of pyridine rings is 2. The summed E-state index contributed by atoms with van der Waals surface area (Å²) in [5, 5.41) is 5.52. The normalized spacial score (nSPS) is 13.3. The second-order valence-electron chi connectivity index (χ2n) is 9.45. The monoisotopic (exact) mass is 561 g/mol. The Morgan fingerprint density at radius 3 is 2.37 bits per heavy atom. The SMILES string of the molecule is CNC(=O)c1cc2c(Oc3ncc(NC(=O)C4(C(=O)N(C)c5ccc(F)cc5)CC4)cc3F)ccnc2cc1OC. The summed E-state index contributed by atoms with van der Waals surface area (Å²) >= 11 is 0. The molecule has 10 nitrogen and oxygen atoms in total. The molecule has 0 saturated heterocycles. The molecule has 5 rings (SSSR count). The predicted molar refractivity (Wildman–Crippen MR) is 146 cm³/mol. The third kappa shape index (κ3) is 5.23. The number of nitrogens with one attached hydrogen (secondary N) is 2. The van der Waals surface area contributed by atoms with Gasteiger partial charge in [0.25, 0.3) is 11.8 Å². The van der Waals surface area contributed by atoms with Gasteiger partial charge in [0, 0.05) is 43.5 Å². The molecule has 0 radical (unpaired) electrons. The van der Waals surface area contributed by atoms with Crippen molar-refractivity contribution in [1.82, 2.24) is 15.3 Å². The number of rotatable bonds is 8. The molecule has 0 atom stereocenters. The summed E-state index contributed by atoms with van der Waals surface area (Å²) in [6.07, 6.45) is 3.30. The lowest BCUT2D eigenvalue weighted by molar-refractivity contribution is -0.132. The summed E-state index contributed by atoms with van der Waals surface area (Å²) in [6, 6.07) is 11.0. The third-order valence-corrected chi connectivity index (χ3v) is 6.88. The van der Waals surface area contributed by atoms with E-state index in [1.54, 1.807) is 6.07 Å². The van der Waals surface area contributed by atoms with E-state index < -0.39 is 34.8 Å². The maximum atomic E-state index is 15.1. The maximum Gasteiger partial charge on any atom is 0.256 e. The van der Waals surface area contributed by atoms with Crippen molar-refractivity contribution in [2.75, 3.05) is 31.4 Å². The molecular weight excluding hydrogens is 536 g/mol. The number of carbonyl (C=O) groups excluding carboxylic acids is 3. The van der Waals surface area contributed by atoms with Gasteiger partial charge in [-0.3, -0.25) is 19.4 Å². The zero-order valence-corrected chi connectivity index (χ0v) is 22.3. The quantitative estimate of drug-likeness (QED) is 0.305. The first-order valence-electron chi connectivity index (χ1n) is 12.5. The molecule has 1 aliphatic carbocycles. The second kappa shape index (κ2) is 10.8. The van der Waals surface area contributed by atoms with Crippen LogP contribution in [0.5, 0.6) is 17.4 Å². The Bertz CT molecular complexity index is 1670. The van der Waals surface area contributed by atoms with Gasteiger partial charge < -0.3 is 25.0 Å². The van der Waals surface area contributed by atoms with Gasteiger partial charge in [0.2, 0.25) is 11.8 Å². The van der Waals surface area contributed by atoms with Crippen molar-refractivity contribution in [3.63, 3.8) is 0 Å². The van der Waals surface area contributed by atoms with Gasteiger partial charge in [0.1, 0.15) is 22.7 Å². The van der Waals surface area contributed by atoms with Crippen molar-refractivity contribution >= 4 is 40.0 Å². The molecule has 2 N–H and O–H groups in total. The summed E-state index contributed by atoms with van der Waals surface area (Å²) in [4.78, 5) is 48.1. The van der Waals surface area contributed by atoms with Gasteiger partial charge in [-0.15, -0.1) is 0 Å². The Morgan fingerprint density at radius 2 is 1.73 bits per heavy atom. The standard InChI is InChI=1S/C29H25F2N5O5/c1-32-25(37)20-13-19-22(14-24(20)40-3)33-11-8-23(19)41-26-21(31)12-17(15-34-26)35-27(38)29(9-10-29)28(39)36(2)18-6-4-16(30)5-7-18/h4-8,11-15H,9-10H2,1-3H3,(H,32,37)(H,35,38). The van der Waals surface area contributed by atoms with Crippen molar-refractivity contribution in [1.29, 1.82) is 0 Å². The fourth-order valence-corrected chi connectivity index (χ4v) is 4.41. The van der Waals surface area contributed by atoms with E-state index in [0.29, 0.717) is 35.2 Å². The topological polar surface area (TPSA) is 123 Å². The van der Waals surface area contributed by atoms with Crippen molar-refractivity contribution in [3.8, 4) is 17.4 Å². The number of amides is 3. The number of aromatic nitrogens is 2. The van der Waals surface area contributed by atoms with Crippen molar-refractivity contribution < 1.29 is 32.6 Å². The molecule has 1 aliphatic rings. The lowest BCUT2D eigenvalue weighted by atomic mass is 10.0. The molecule has 1 fully saturated rings. The number of hydrogen-bond donors (Lipinski definition) is 2. The Balaban J connectivity index is 1.34. The van der Waals surface area contributed by atoms with Gasteiger partial charge in [0.05, 0.1) is 30.1 Å². The maximum absolute atomic E-state index is 15.1. The number of nitrogens with zero attached hydrogens (tertiary/aromatic N) is 3. The lowest BCUT2D eigenvalue weighted by Crippen LogP contribution is -2.41. The Labute approximate surface area is 233 Å². The fourth-order valence-electron chi connectivity index (χ4n) is 4.41. The first-order chi connectivity index (χ1) is 19.7. The van der Waals surface area contributed by atoms with E-state index in [0.717, 1.165) is 6.07 Å². The number of benzene rings is 2. The minimum Gasteiger partial charge on any atom is -0.496 e. The van der Waals surface area contributed by atoms with Gasteiger partial charge in [-0.05, 0) is 49.2 Å². The Hall–Kier alpha value is -5.13. The van der Waals surface area contributed by atoms with Crippen LogP contribution in [0.1, 0.15) is 23.2 Å². The molecule has 2 heterocycles. The van der Waals surface area contributed by atoms with Gasteiger partial charge in [-0.1, -0.05) is 0 Å². The highest BCUT2D eigenvalue weighted by Crippen LogP contribution is 2.48. The van der Waals surface area contributed by atoms with Gasteiger partial charge >= 0.3 is 0 Å². The zero-order valence-electron chi connectivity index (χ0n) is 22.3. The molecular formula is C29H25F2N5O5. The van der Waals surface area contributed by atoms with Gasteiger partial charge in [-0.2, -0.15) is 0 Å². The smallest absolute Gasteiger partial charge is 0.256 e. The number of halogens is 2. The highest BCUT2D eigenvalue weighted by Gasteiger charge is 2.57. The minimum atomic E-state index is -1.31. The largest absolute Gasteiger partial charge is 0.496 e. The number of anilines is 2. The fraction of sp³-hybridized carbons (Fsp3) is 0.207. The summed E-state index contributed by atoms with van der Waals surface area (Å²) in [5.41, 5.74) is -0.153. The average molecular weight is 562 g/mol. The first kappa shape index (κ1) is 27.4. The summed E-state index contributed by atoms with van der Waals surface area (Å²) in [7, 11) is 4.42. The van der Waals surface area contributed by atoms with Crippen LogP contribution in [0.4, 0.5) is 20.2 Å². The van der Waals surface area contributed by atoms with Crippen LogP contribution < -0.4 is 25.0 Å². The van der Waals surface area contributed by atoms with Crippen LogP contribution in [-0.2, 0) is 9.59 Å². The van der Waals surface area contributed by atoms with E-state index in [9.17, 15) is 18.8 Å². The lowest BCUT2D eigenvalue weighted by Gasteiger charge is -2.23. The number of hydrogen-bond acceptors (Lipinski definition) is 7. The predicted octanol–water partition coefficient (Wildman–Crippen LogP) is 4.45. The number of methoxy groups -OCH3 is 1. The van der Waals surface area contributed by atoms with Crippen molar-refractivity contribution in [2.24, 2.45) is 5.41 Å². The number of ether oxygens (including phenoxy) is 2. The zero-order chi connectivity index (χ0) is 29.3. The molecule has 2 aromatic carbocycles. The third-order valence-electron chi connectivity index (χ3n) is 6.88. The molecule has 3 amide bonds. The molecule has 12 heteroatoms. The molecule has 0 bridgehead atoms.